The Balaban J connectivity index is 2.13. The minimum atomic E-state index is -1.15. The zero-order valence-electron chi connectivity index (χ0n) is 12.1. The van der Waals surface area contributed by atoms with Gasteiger partial charge in [0.25, 0.3) is 5.91 Å². The van der Waals surface area contributed by atoms with Crippen molar-refractivity contribution in [2.45, 2.75) is 19.4 Å². The van der Waals surface area contributed by atoms with Gasteiger partial charge in [-0.1, -0.05) is 23.2 Å². The van der Waals surface area contributed by atoms with Crippen LogP contribution in [0.4, 0.5) is 5.69 Å². The predicted molar refractivity (Wildman–Crippen MR) is 87.9 cm³/mol. The van der Waals surface area contributed by atoms with Crippen LogP contribution in [0.5, 0.6) is 11.5 Å². The maximum Gasteiger partial charge on any atom is 0.268 e. The molecular weight excluding hydrogens is 325 g/mol. The van der Waals surface area contributed by atoms with Crippen LogP contribution < -0.4 is 10.1 Å². The first-order chi connectivity index (χ1) is 10.3. The molecule has 0 bridgehead atoms. The average Bonchev–Trinajstić information content (AvgIpc) is 2.45. The molecule has 116 valence electrons. The Labute approximate surface area is 138 Å². The normalized spacial score (nSPS) is 11.1. The number of benzene rings is 2. The van der Waals surface area contributed by atoms with E-state index in [1.54, 1.807) is 38.1 Å². The highest BCUT2D eigenvalue weighted by Crippen LogP contribution is 2.28. The van der Waals surface area contributed by atoms with Gasteiger partial charge in [0.15, 0.2) is 5.60 Å². The second-order valence-corrected chi connectivity index (χ2v) is 6.05. The smallest absolute Gasteiger partial charge is 0.268 e. The Morgan fingerprint density at radius 1 is 1.09 bits per heavy atom. The lowest BCUT2D eigenvalue weighted by Crippen LogP contribution is -2.42. The number of phenols is 1. The van der Waals surface area contributed by atoms with Crippen LogP contribution in [0.1, 0.15) is 13.8 Å². The van der Waals surface area contributed by atoms with E-state index in [1.807, 2.05) is 0 Å². The molecule has 0 heterocycles. The lowest BCUT2D eigenvalue weighted by Gasteiger charge is -2.25. The van der Waals surface area contributed by atoms with Gasteiger partial charge in [0.1, 0.15) is 11.5 Å². The number of hydrogen-bond donors (Lipinski definition) is 2. The van der Waals surface area contributed by atoms with Gasteiger partial charge in [-0.15, -0.1) is 0 Å². The molecule has 0 aromatic heterocycles. The van der Waals surface area contributed by atoms with Crippen LogP contribution in [0.3, 0.4) is 0 Å². The third-order valence-corrected chi connectivity index (χ3v) is 3.43. The Kier molecular flexibility index (Phi) is 4.84. The maximum atomic E-state index is 12.4. The highest BCUT2D eigenvalue weighted by molar-refractivity contribution is 6.31. The van der Waals surface area contributed by atoms with E-state index in [1.165, 1.54) is 18.2 Å². The molecule has 0 aliphatic rings. The number of hydrogen-bond acceptors (Lipinski definition) is 3. The molecule has 0 aliphatic carbocycles. The van der Waals surface area contributed by atoms with Crippen LogP contribution in [0.2, 0.25) is 10.0 Å². The SMILES string of the molecule is CC(C)(Oc1ccc(Cl)cc1)C(=O)Nc1cc(Cl)ccc1O. The van der Waals surface area contributed by atoms with Crippen LogP contribution in [0.25, 0.3) is 0 Å². The summed E-state index contributed by atoms with van der Waals surface area (Å²) in [7, 11) is 0. The van der Waals surface area contributed by atoms with Gasteiger partial charge < -0.3 is 15.2 Å². The Bertz CT molecular complexity index is 684. The summed E-state index contributed by atoms with van der Waals surface area (Å²) in [6, 6.07) is 11.1. The molecule has 0 saturated heterocycles. The Morgan fingerprint density at radius 3 is 2.32 bits per heavy atom. The first kappa shape index (κ1) is 16.5. The van der Waals surface area contributed by atoms with E-state index in [0.29, 0.717) is 15.8 Å². The van der Waals surface area contributed by atoms with Gasteiger partial charge in [-0.05, 0) is 56.3 Å². The molecular formula is C16H15Cl2NO3. The van der Waals surface area contributed by atoms with Crippen molar-refractivity contribution in [3.05, 3.63) is 52.5 Å². The molecule has 22 heavy (non-hydrogen) atoms. The van der Waals surface area contributed by atoms with Crippen molar-refractivity contribution in [3.63, 3.8) is 0 Å². The summed E-state index contributed by atoms with van der Waals surface area (Å²) in [5.74, 6) is 0.0277. The molecule has 0 radical (unpaired) electrons. The second-order valence-electron chi connectivity index (χ2n) is 5.18. The van der Waals surface area contributed by atoms with Crippen molar-refractivity contribution in [3.8, 4) is 11.5 Å². The van der Waals surface area contributed by atoms with Crippen molar-refractivity contribution in [2.75, 3.05) is 5.32 Å². The van der Waals surface area contributed by atoms with Gasteiger partial charge in [-0.2, -0.15) is 0 Å². The van der Waals surface area contributed by atoms with Gasteiger partial charge in [-0.3, -0.25) is 4.79 Å². The van der Waals surface area contributed by atoms with Crippen LogP contribution in [-0.2, 0) is 4.79 Å². The first-order valence-corrected chi connectivity index (χ1v) is 7.28. The molecule has 0 unspecified atom stereocenters. The molecule has 0 aliphatic heterocycles. The number of amides is 1. The predicted octanol–water partition coefficient (Wildman–Crippen LogP) is 4.50. The molecule has 2 rings (SSSR count). The highest BCUT2D eigenvalue weighted by atomic mass is 35.5. The van der Waals surface area contributed by atoms with Gasteiger partial charge >= 0.3 is 0 Å². The van der Waals surface area contributed by atoms with Gasteiger partial charge in [0.05, 0.1) is 5.69 Å². The number of aromatic hydroxyl groups is 1. The monoisotopic (exact) mass is 339 g/mol. The third-order valence-electron chi connectivity index (χ3n) is 2.94. The van der Waals surface area contributed by atoms with Gasteiger partial charge in [0.2, 0.25) is 0 Å². The number of carbonyl (C=O) groups excluding carboxylic acids is 1. The zero-order valence-corrected chi connectivity index (χ0v) is 13.6. The molecule has 4 nitrogen and oxygen atoms in total. The van der Waals surface area contributed by atoms with Crippen LogP contribution >= 0.6 is 23.2 Å². The lowest BCUT2D eigenvalue weighted by molar-refractivity contribution is -0.128. The number of nitrogens with one attached hydrogen (secondary N) is 1. The second kappa shape index (κ2) is 6.46. The number of rotatable bonds is 4. The van der Waals surface area contributed by atoms with E-state index >= 15 is 0 Å². The molecule has 2 aromatic carbocycles. The third kappa shape index (κ3) is 4.06. The first-order valence-electron chi connectivity index (χ1n) is 6.52. The molecule has 0 atom stereocenters. The lowest BCUT2D eigenvalue weighted by atomic mass is 10.1. The quantitative estimate of drug-likeness (QED) is 0.806. The topological polar surface area (TPSA) is 58.6 Å². The molecule has 6 heteroatoms. The number of carbonyl (C=O) groups is 1. The number of anilines is 1. The summed E-state index contributed by atoms with van der Waals surface area (Å²) in [5, 5.41) is 13.3. The van der Waals surface area contributed by atoms with Crippen molar-refractivity contribution >= 4 is 34.8 Å². The van der Waals surface area contributed by atoms with Crippen LogP contribution in [0, 0.1) is 0 Å². The summed E-state index contributed by atoms with van der Waals surface area (Å²) in [6.07, 6.45) is 0. The number of ether oxygens (including phenoxy) is 1. The molecule has 0 spiro atoms. The van der Waals surface area contributed by atoms with E-state index in [0.717, 1.165) is 0 Å². The maximum absolute atomic E-state index is 12.4. The van der Waals surface area contributed by atoms with Gasteiger partial charge in [0, 0.05) is 10.0 Å². The summed E-state index contributed by atoms with van der Waals surface area (Å²) in [4.78, 5) is 12.4. The van der Waals surface area contributed by atoms with Crippen LogP contribution in [0.15, 0.2) is 42.5 Å². The minimum absolute atomic E-state index is 0.0694. The Hall–Kier alpha value is -1.91. The molecule has 1 amide bonds. The minimum Gasteiger partial charge on any atom is -0.506 e. The van der Waals surface area contributed by atoms with Crippen molar-refractivity contribution in [1.29, 1.82) is 0 Å². The van der Waals surface area contributed by atoms with E-state index in [4.69, 9.17) is 27.9 Å². The number of halogens is 2. The van der Waals surface area contributed by atoms with E-state index in [9.17, 15) is 9.90 Å². The fourth-order valence-electron chi connectivity index (χ4n) is 1.72. The van der Waals surface area contributed by atoms with Crippen LogP contribution in [-0.4, -0.2) is 16.6 Å². The summed E-state index contributed by atoms with van der Waals surface area (Å²) in [5.41, 5.74) is -0.923. The zero-order chi connectivity index (χ0) is 16.3. The summed E-state index contributed by atoms with van der Waals surface area (Å²) >= 11 is 11.7. The molecule has 2 aromatic rings. The standard InChI is InChI=1S/C16H15Cl2NO3/c1-16(2,22-12-6-3-10(17)4-7-12)15(21)19-13-9-11(18)5-8-14(13)20/h3-9,20H,1-2H3,(H,19,21). The fourth-order valence-corrected chi connectivity index (χ4v) is 2.02. The average molecular weight is 340 g/mol. The number of phenolic OH excluding ortho intramolecular Hbond substituents is 1. The highest BCUT2D eigenvalue weighted by Gasteiger charge is 2.30. The summed E-state index contributed by atoms with van der Waals surface area (Å²) in [6.45, 7) is 3.25. The molecule has 0 fully saturated rings. The summed E-state index contributed by atoms with van der Waals surface area (Å²) < 4.78 is 5.68. The van der Waals surface area contributed by atoms with E-state index < -0.39 is 11.5 Å². The fraction of sp³-hybridized carbons (Fsp3) is 0.188. The van der Waals surface area contributed by atoms with Crippen molar-refractivity contribution < 1.29 is 14.6 Å². The molecule has 2 N–H and O–H groups in total. The van der Waals surface area contributed by atoms with Crippen molar-refractivity contribution in [1.82, 2.24) is 0 Å². The molecule has 0 saturated carbocycles. The van der Waals surface area contributed by atoms with E-state index in [2.05, 4.69) is 5.32 Å². The largest absolute Gasteiger partial charge is 0.506 e. The Morgan fingerprint density at radius 2 is 1.68 bits per heavy atom. The van der Waals surface area contributed by atoms with Crippen molar-refractivity contribution in [2.24, 2.45) is 0 Å². The van der Waals surface area contributed by atoms with E-state index in [-0.39, 0.29) is 11.4 Å². The van der Waals surface area contributed by atoms with Gasteiger partial charge in [-0.25, -0.2) is 0 Å².